The third-order valence-electron chi connectivity index (χ3n) is 5.16. The van der Waals surface area contributed by atoms with E-state index >= 15 is 0 Å². The Labute approximate surface area is 237 Å². The van der Waals surface area contributed by atoms with Crippen molar-refractivity contribution in [1.82, 2.24) is 0 Å². The number of phosphoric ester groups is 1. The number of hydrogen-bond donors (Lipinski definition) is 0. The zero-order valence-corrected chi connectivity index (χ0v) is 25.1. The van der Waals surface area contributed by atoms with Gasteiger partial charge < -0.3 is 18.5 Å². The van der Waals surface area contributed by atoms with Crippen molar-refractivity contribution in [3.8, 4) is 11.5 Å². The number of phosphoric acid groups is 1. The van der Waals surface area contributed by atoms with Crippen LogP contribution >= 0.6 is 7.82 Å². The Bertz CT molecular complexity index is 1170. The number of rotatable bonds is 11. The van der Waals surface area contributed by atoms with Crippen molar-refractivity contribution in [2.24, 2.45) is 11.8 Å². The highest BCUT2D eigenvalue weighted by molar-refractivity contribution is 7.49. The molecule has 0 saturated carbocycles. The van der Waals surface area contributed by atoms with Crippen molar-refractivity contribution in [3.63, 3.8) is 0 Å². The van der Waals surface area contributed by atoms with Crippen LogP contribution in [0.25, 0.3) is 0 Å². The van der Waals surface area contributed by atoms with Crippen molar-refractivity contribution in [1.29, 1.82) is 0 Å². The molecule has 0 N–H and O–H groups in total. The second-order valence-electron chi connectivity index (χ2n) is 9.97. The molecule has 0 spiro atoms. The summed E-state index contributed by atoms with van der Waals surface area (Å²) in [6, 6.07) is 20.9. The summed E-state index contributed by atoms with van der Waals surface area (Å²) in [5.74, 6) is 0.394. The van der Waals surface area contributed by atoms with E-state index in [1.165, 1.54) is 7.11 Å². The van der Waals surface area contributed by atoms with Gasteiger partial charge in [-0.05, 0) is 62.1 Å². The standard InChI is InChI=1S/C16H22O4.C15H17O4P/c1-11(2)9-19-15(17)13-7-5-6-8-14(13)16(18)20-10-12(3)4;1-12-4-8-14(9-5-12)18-20(16,17-3)19-15-10-6-13(2)7-11-15/h5-8,11-12H,9-10H2,1-4H3;4-11H,1-3H3. The van der Waals surface area contributed by atoms with Gasteiger partial charge in [0.1, 0.15) is 11.5 Å². The molecule has 0 atom stereocenters. The topological polar surface area (TPSA) is 97.4 Å². The minimum atomic E-state index is -3.67. The zero-order chi connectivity index (χ0) is 29.7. The molecule has 8 nitrogen and oxygen atoms in total. The van der Waals surface area contributed by atoms with E-state index in [0.29, 0.717) is 24.7 Å². The first kappa shape index (κ1) is 32.6. The van der Waals surface area contributed by atoms with Gasteiger partial charge in [0, 0.05) is 7.11 Å². The van der Waals surface area contributed by atoms with E-state index in [2.05, 4.69) is 0 Å². The van der Waals surface area contributed by atoms with Crippen LogP contribution in [0.2, 0.25) is 0 Å². The van der Waals surface area contributed by atoms with Crippen LogP contribution in [-0.2, 0) is 18.6 Å². The second-order valence-corrected chi connectivity index (χ2v) is 11.6. The molecule has 216 valence electrons. The maximum absolute atomic E-state index is 12.4. The molecular weight excluding hydrogens is 531 g/mol. The molecule has 0 radical (unpaired) electrons. The average Bonchev–Trinajstić information content (AvgIpc) is 2.93. The average molecular weight is 571 g/mol. The van der Waals surface area contributed by atoms with Gasteiger partial charge in [0.2, 0.25) is 0 Å². The van der Waals surface area contributed by atoms with Crippen molar-refractivity contribution >= 4 is 19.8 Å². The summed E-state index contributed by atoms with van der Waals surface area (Å²) >= 11 is 0. The monoisotopic (exact) mass is 570 g/mol. The fourth-order valence-electron chi connectivity index (χ4n) is 3.03. The Kier molecular flexibility index (Phi) is 12.9. The van der Waals surface area contributed by atoms with E-state index in [1.54, 1.807) is 48.5 Å². The minimum absolute atomic E-state index is 0.249. The Morgan fingerprint density at radius 1 is 0.650 bits per heavy atom. The Hall–Kier alpha value is -3.61. The van der Waals surface area contributed by atoms with Gasteiger partial charge in [-0.2, -0.15) is 0 Å². The molecule has 0 aromatic heterocycles. The van der Waals surface area contributed by atoms with Gasteiger partial charge in [-0.3, -0.25) is 4.52 Å². The predicted molar refractivity (Wildman–Crippen MR) is 155 cm³/mol. The van der Waals surface area contributed by atoms with Gasteiger partial charge in [0.25, 0.3) is 0 Å². The third-order valence-corrected chi connectivity index (χ3v) is 6.48. The van der Waals surface area contributed by atoms with E-state index in [1.807, 2.05) is 65.8 Å². The van der Waals surface area contributed by atoms with Crippen molar-refractivity contribution < 1.29 is 37.2 Å². The summed E-state index contributed by atoms with van der Waals surface area (Å²) in [5, 5.41) is 0. The van der Waals surface area contributed by atoms with Crippen LogP contribution < -0.4 is 9.05 Å². The molecule has 9 heteroatoms. The Balaban J connectivity index is 0.000000280. The van der Waals surface area contributed by atoms with Crippen LogP contribution in [-0.4, -0.2) is 32.3 Å². The normalized spacial score (nSPS) is 10.9. The van der Waals surface area contributed by atoms with Crippen molar-refractivity contribution in [3.05, 3.63) is 95.1 Å². The smallest absolute Gasteiger partial charge is 0.462 e. The maximum Gasteiger partial charge on any atom is 0.587 e. The van der Waals surface area contributed by atoms with Gasteiger partial charge in [0.05, 0.1) is 24.3 Å². The number of carbonyl (C=O) groups is 2. The van der Waals surface area contributed by atoms with E-state index in [-0.39, 0.29) is 23.0 Å². The van der Waals surface area contributed by atoms with Crippen LogP contribution in [0.15, 0.2) is 72.8 Å². The molecule has 0 amide bonds. The van der Waals surface area contributed by atoms with E-state index in [4.69, 9.17) is 23.0 Å². The highest BCUT2D eigenvalue weighted by atomic mass is 31.2. The largest absolute Gasteiger partial charge is 0.587 e. The van der Waals surface area contributed by atoms with E-state index < -0.39 is 19.8 Å². The van der Waals surface area contributed by atoms with E-state index in [0.717, 1.165) is 11.1 Å². The first-order chi connectivity index (χ1) is 18.9. The lowest BCUT2D eigenvalue weighted by Gasteiger charge is -2.17. The number of carbonyl (C=O) groups excluding carboxylic acids is 2. The Morgan fingerprint density at radius 3 is 1.30 bits per heavy atom. The molecule has 0 saturated heterocycles. The molecule has 0 heterocycles. The Morgan fingerprint density at radius 2 is 1.00 bits per heavy atom. The van der Waals surface area contributed by atoms with Crippen LogP contribution in [0.3, 0.4) is 0 Å². The fraction of sp³-hybridized carbons (Fsp3) is 0.355. The fourth-order valence-corrected chi connectivity index (χ4v) is 3.98. The number of benzene rings is 3. The maximum atomic E-state index is 12.4. The SMILES string of the molecule is CC(C)COC(=O)c1ccccc1C(=O)OCC(C)C.COP(=O)(Oc1ccc(C)cc1)Oc1ccc(C)cc1. The molecule has 0 aliphatic carbocycles. The van der Waals surface area contributed by atoms with Gasteiger partial charge in [-0.1, -0.05) is 75.2 Å². The third kappa shape index (κ3) is 11.2. The predicted octanol–water partition coefficient (Wildman–Crippen LogP) is 7.83. The van der Waals surface area contributed by atoms with Crippen LogP contribution in [0.5, 0.6) is 11.5 Å². The molecule has 0 unspecified atom stereocenters. The van der Waals surface area contributed by atoms with Gasteiger partial charge >= 0.3 is 19.8 Å². The first-order valence-corrected chi connectivity index (χ1v) is 14.5. The minimum Gasteiger partial charge on any atom is -0.462 e. The van der Waals surface area contributed by atoms with Crippen LogP contribution in [0, 0.1) is 25.7 Å². The lowest BCUT2D eigenvalue weighted by atomic mass is 10.1. The molecule has 0 aliphatic rings. The summed E-state index contributed by atoms with van der Waals surface area (Å²) < 4.78 is 38.4. The summed E-state index contributed by atoms with van der Waals surface area (Å²) in [4.78, 5) is 24.0. The molecule has 0 fully saturated rings. The molecule has 0 bridgehead atoms. The number of esters is 2. The number of hydrogen-bond acceptors (Lipinski definition) is 8. The molecule has 3 rings (SSSR count). The zero-order valence-electron chi connectivity index (χ0n) is 24.2. The second kappa shape index (κ2) is 15.8. The first-order valence-electron chi connectivity index (χ1n) is 13.0. The highest BCUT2D eigenvalue weighted by Crippen LogP contribution is 2.48. The van der Waals surface area contributed by atoms with E-state index in [9.17, 15) is 14.2 Å². The summed E-state index contributed by atoms with van der Waals surface area (Å²) in [5.41, 5.74) is 2.68. The molecule has 0 aliphatic heterocycles. The quantitative estimate of drug-likeness (QED) is 0.170. The summed E-state index contributed by atoms with van der Waals surface area (Å²) in [7, 11) is -2.38. The summed E-state index contributed by atoms with van der Waals surface area (Å²) in [6.07, 6.45) is 0. The lowest BCUT2D eigenvalue weighted by molar-refractivity contribution is 0.0412. The van der Waals surface area contributed by atoms with Gasteiger partial charge in [-0.25, -0.2) is 14.2 Å². The van der Waals surface area contributed by atoms with Crippen LogP contribution in [0.1, 0.15) is 59.5 Å². The summed E-state index contributed by atoms with van der Waals surface area (Å²) in [6.45, 7) is 12.4. The number of ether oxygens (including phenoxy) is 2. The molecule has 3 aromatic carbocycles. The lowest BCUT2D eigenvalue weighted by Crippen LogP contribution is -2.17. The highest BCUT2D eigenvalue weighted by Gasteiger charge is 2.29. The van der Waals surface area contributed by atoms with Crippen molar-refractivity contribution in [2.75, 3.05) is 20.3 Å². The molecule has 40 heavy (non-hydrogen) atoms. The van der Waals surface area contributed by atoms with Gasteiger partial charge in [0.15, 0.2) is 0 Å². The van der Waals surface area contributed by atoms with Crippen molar-refractivity contribution in [2.45, 2.75) is 41.5 Å². The number of aryl methyl sites for hydroxylation is 2. The molecule has 3 aromatic rings. The van der Waals surface area contributed by atoms with Gasteiger partial charge in [-0.15, -0.1) is 0 Å². The molecular formula is C31H39O8P. The van der Waals surface area contributed by atoms with Crippen LogP contribution in [0.4, 0.5) is 0 Å².